The lowest BCUT2D eigenvalue weighted by molar-refractivity contribution is 0.0696. The van der Waals surface area contributed by atoms with Crippen molar-refractivity contribution in [2.24, 2.45) is 0 Å². The molecule has 1 heterocycles. The van der Waals surface area contributed by atoms with Crippen LogP contribution in [0.4, 0.5) is 5.82 Å². The molecule has 0 aliphatic carbocycles. The van der Waals surface area contributed by atoms with Gasteiger partial charge in [-0.05, 0) is 25.3 Å². The summed E-state index contributed by atoms with van der Waals surface area (Å²) < 4.78 is 0. The minimum atomic E-state index is -1.00. The zero-order valence-corrected chi connectivity index (χ0v) is 10.6. The maximum Gasteiger partial charge on any atom is 0.337 e. The van der Waals surface area contributed by atoms with E-state index >= 15 is 0 Å². The van der Waals surface area contributed by atoms with Gasteiger partial charge in [-0.2, -0.15) is 11.8 Å². The van der Waals surface area contributed by atoms with Crippen LogP contribution >= 0.6 is 11.8 Å². The molecule has 0 bridgehead atoms. The largest absolute Gasteiger partial charge is 0.478 e. The Morgan fingerprint density at radius 1 is 1.59 bits per heavy atom. The first-order valence-electron chi connectivity index (χ1n) is 5.09. The lowest BCUT2D eigenvalue weighted by Crippen LogP contribution is -2.36. The van der Waals surface area contributed by atoms with Gasteiger partial charge >= 0.3 is 5.97 Å². The third-order valence-corrected chi connectivity index (χ3v) is 3.03. The van der Waals surface area contributed by atoms with Crippen LogP contribution in [0.15, 0.2) is 18.3 Å². The van der Waals surface area contributed by atoms with Crippen LogP contribution in [0.3, 0.4) is 0 Å². The highest BCUT2D eigenvalue weighted by Crippen LogP contribution is 2.12. The molecule has 0 saturated heterocycles. The molecule has 0 aliphatic rings. The first kappa shape index (κ1) is 13.8. The second-order valence-corrected chi connectivity index (χ2v) is 4.89. The first-order valence-corrected chi connectivity index (χ1v) is 6.48. The van der Waals surface area contributed by atoms with Crippen LogP contribution in [0.25, 0.3) is 0 Å². The van der Waals surface area contributed by atoms with E-state index < -0.39 is 11.6 Å². The van der Waals surface area contributed by atoms with Gasteiger partial charge < -0.3 is 15.5 Å². The van der Waals surface area contributed by atoms with E-state index in [1.165, 1.54) is 12.3 Å². The molecular weight excluding hydrogens is 240 g/mol. The maximum atomic E-state index is 10.6. The van der Waals surface area contributed by atoms with Crippen LogP contribution in [-0.4, -0.2) is 45.3 Å². The highest BCUT2D eigenvalue weighted by atomic mass is 32.2. The molecule has 1 aromatic heterocycles. The average molecular weight is 256 g/mol. The highest BCUT2D eigenvalue weighted by Gasteiger charge is 2.19. The molecule has 0 radical (unpaired) electrons. The number of rotatable bonds is 6. The molecule has 0 saturated carbocycles. The van der Waals surface area contributed by atoms with Gasteiger partial charge in [0.2, 0.25) is 0 Å². The van der Waals surface area contributed by atoms with Crippen LogP contribution in [0.1, 0.15) is 17.3 Å². The predicted molar refractivity (Wildman–Crippen MR) is 68.7 cm³/mol. The number of hydrogen-bond donors (Lipinski definition) is 3. The number of carbonyl (C=O) groups is 1. The zero-order valence-electron chi connectivity index (χ0n) is 9.80. The van der Waals surface area contributed by atoms with Crippen molar-refractivity contribution in [2.45, 2.75) is 12.5 Å². The standard InChI is InChI=1S/C11H16N2O3S/c1-11(16,7-17-2)6-13-9-4-3-8(5-12-9)10(14)15/h3-5,16H,6-7H2,1-2H3,(H,12,13)(H,14,15). The number of aliphatic hydroxyl groups is 1. The molecular formula is C11H16N2O3S. The number of pyridine rings is 1. The van der Waals surface area contributed by atoms with Crippen LogP contribution in [0.2, 0.25) is 0 Å². The van der Waals surface area contributed by atoms with E-state index in [4.69, 9.17) is 5.11 Å². The van der Waals surface area contributed by atoms with Crippen molar-refractivity contribution in [3.63, 3.8) is 0 Å². The summed E-state index contributed by atoms with van der Waals surface area (Å²) in [4.78, 5) is 14.6. The third-order valence-electron chi connectivity index (χ3n) is 2.12. The van der Waals surface area contributed by atoms with E-state index in [9.17, 15) is 9.90 Å². The normalized spacial score (nSPS) is 14.1. The Morgan fingerprint density at radius 2 is 2.29 bits per heavy atom. The molecule has 0 aliphatic heterocycles. The SMILES string of the molecule is CSCC(C)(O)CNc1ccc(C(=O)O)cn1. The van der Waals surface area contributed by atoms with Crippen LogP contribution in [0.5, 0.6) is 0 Å². The summed E-state index contributed by atoms with van der Waals surface area (Å²) in [5, 5.41) is 21.6. The second-order valence-electron chi connectivity index (χ2n) is 4.02. The van der Waals surface area contributed by atoms with Gasteiger partial charge in [0.15, 0.2) is 0 Å². The summed E-state index contributed by atoms with van der Waals surface area (Å²) >= 11 is 1.56. The van der Waals surface area contributed by atoms with Crippen molar-refractivity contribution in [1.82, 2.24) is 4.98 Å². The van der Waals surface area contributed by atoms with Gasteiger partial charge in [0.1, 0.15) is 5.82 Å². The number of aromatic nitrogens is 1. The number of carboxylic acid groups (broad SMARTS) is 1. The molecule has 0 aromatic carbocycles. The molecule has 1 unspecified atom stereocenters. The van der Waals surface area contributed by atoms with Gasteiger partial charge in [0.25, 0.3) is 0 Å². The van der Waals surface area contributed by atoms with Crippen molar-refractivity contribution < 1.29 is 15.0 Å². The monoisotopic (exact) mass is 256 g/mol. The minimum absolute atomic E-state index is 0.145. The van der Waals surface area contributed by atoms with E-state index in [1.807, 2.05) is 6.26 Å². The molecule has 17 heavy (non-hydrogen) atoms. The molecule has 0 fully saturated rings. The molecule has 6 heteroatoms. The fourth-order valence-corrected chi connectivity index (χ4v) is 1.99. The van der Waals surface area contributed by atoms with Gasteiger partial charge in [-0.25, -0.2) is 9.78 Å². The van der Waals surface area contributed by atoms with E-state index in [-0.39, 0.29) is 5.56 Å². The number of carboxylic acids is 1. The smallest absolute Gasteiger partial charge is 0.337 e. The lowest BCUT2D eigenvalue weighted by atomic mass is 10.1. The number of anilines is 1. The zero-order chi connectivity index (χ0) is 12.9. The minimum Gasteiger partial charge on any atom is -0.478 e. The molecule has 1 rings (SSSR count). The van der Waals surface area contributed by atoms with E-state index in [2.05, 4.69) is 10.3 Å². The Balaban J connectivity index is 2.55. The Hall–Kier alpha value is -1.27. The molecule has 1 atom stereocenters. The molecule has 3 N–H and O–H groups in total. The van der Waals surface area contributed by atoms with Crippen LogP contribution in [0, 0.1) is 0 Å². The summed E-state index contributed by atoms with van der Waals surface area (Å²) in [6, 6.07) is 3.06. The van der Waals surface area contributed by atoms with Crippen LogP contribution in [-0.2, 0) is 0 Å². The van der Waals surface area contributed by atoms with Crippen molar-refractivity contribution in [1.29, 1.82) is 0 Å². The number of aromatic carboxylic acids is 1. The highest BCUT2D eigenvalue weighted by molar-refractivity contribution is 7.98. The molecule has 94 valence electrons. The Kier molecular flexibility index (Phi) is 4.77. The molecule has 5 nitrogen and oxygen atoms in total. The summed E-state index contributed by atoms with van der Waals surface area (Å²) in [5.41, 5.74) is -0.668. The fourth-order valence-electron chi connectivity index (χ4n) is 1.27. The van der Waals surface area contributed by atoms with Crippen LogP contribution < -0.4 is 5.32 Å². The number of thioether (sulfide) groups is 1. The van der Waals surface area contributed by atoms with Crippen molar-refractivity contribution >= 4 is 23.5 Å². The average Bonchev–Trinajstić information content (AvgIpc) is 2.27. The summed E-state index contributed by atoms with van der Waals surface area (Å²) in [6.45, 7) is 2.11. The Bertz CT molecular complexity index is 379. The Morgan fingerprint density at radius 3 is 2.76 bits per heavy atom. The summed E-state index contributed by atoms with van der Waals surface area (Å²) in [6.07, 6.45) is 3.21. The summed E-state index contributed by atoms with van der Waals surface area (Å²) in [7, 11) is 0. The first-order chi connectivity index (χ1) is 7.94. The van der Waals surface area contributed by atoms with Crippen molar-refractivity contribution in [3.05, 3.63) is 23.9 Å². The van der Waals surface area contributed by atoms with Crippen molar-refractivity contribution in [3.8, 4) is 0 Å². The number of nitrogens with one attached hydrogen (secondary N) is 1. The van der Waals surface area contributed by atoms with Gasteiger partial charge in [-0.1, -0.05) is 0 Å². The Labute approximate surface area is 104 Å². The maximum absolute atomic E-state index is 10.6. The van der Waals surface area contributed by atoms with Gasteiger partial charge in [-0.15, -0.1) is 0 Å². The van der Waals surface area contributed by atoms with Crippen molar-refractivity contribution in [2.75, 3.05) is 23.9 Å². The van der Waals surface area contributed by atoms with Gasteiger partial charge in [-0.3, -0.25) is 0 Å². The summed E-state index contributed by atoms with van der Waals surface area (Å²) in [5.74, 6) is 0.169. The lowest BCUT2D eigenvalue weighted by Gasteiger charge is -2.22. The second kappa shape index (κ2) is 5.88. The molecule has 0 spiro atoms. The number of nitrogens with zero attached hydrogens (tertiary/aromatic N) is 1. The quantitative estimate of drug-likeness (QED) is 0.712. The molecule has 1 aromatic rings. The topological polar surface area (TPSA) is 82.5 Å². The molecule has 0 amide bonds. The predicted octanol–water partition coefficient (Wildman–Crippen LogP) is 1.31. The van der Waals surface area contributed by atoms with Gasteiger partial charge in [0.05, 0.1) is 11.2 Å². The van der Waals surface area contributed by atoms with Gasteiger partial charge in [0, 0.05) is 18.5 Å². The van der Waals surface area contributed by atoms with E-state index in [1.54, 1.807) is 24.8 Å². The number of hydrogen-bond acceptors (Lipinski definition) is 5. The van der Waals surface area contributed by atoms with E-state index in [0.29, 0.717) is 18.1 Å². The van der Waals surface area contributed by atoms with E-state index in [0.717, 1.165) is 0 Å². The fraction of sp³-hybridized carbons (Fsp3) is 0.455. The third kappa shape index (κ3) is 4.62.